The maximum absolute atomic E-state index is 13.0. The predicted molar refractivity (Wildman–Crippen MR) is 68.8 cm³/mol. The molecule has 1 amide bonds. The van der Waals surface area contributed by atoms with Crippen molar-refractivity contribution in [1.29, 1.82) is 0 Å². The van der Waals surface area contributed by atoms with Crippen molar-refractivity contribution in [2.24, 2.45) is 0 Å². The molecule has 0 saturated carbocycles. The molecule has 0 aliphatic carbocycles. The van der Waals surface area contributed by atoms with Crippen LogP contribution in [0.25, 0.3) is 0 Å². The van der Waals surface area contributed by atoms with E-state index in [0.29, 0.717) is 12.2 Å². The van der Waals surface area contributed by atoms with E-state index in [2.05, 4.69) is 5.32 Å². The van der Waals surface area contributed by atoms with Gasteiger partial charge in [-0.1, -0.05) is 12.1 Å². The van der Waals surface area contributed by atoms with Crippen LogP contribution in [0.1, 0.15) is 38.3 Å². The molecule has 1 aromatic carbocycles. The van der Waals surface area contributed by atoms with Gasteiger partial charge < -0.3 is 10.1 Å². The third-order valence-corrected chi connectivity index (χ3v) is 2.59. The van der Waals surface area contributed by atoms with Crippen molar-refractivity contribution in [3.8, 4) is 0 Å². The second-order valence-corrected chi connectivity index (χ2v) is 4.15. The minimum Gasteiger partial charge on any atom is -0.466 e. The molecule has 0 fully saturated rings. The minimum absolute atomic E-state index is 0.0511. The van der Waals surface area contributed by atoms with Crippen LogP contribution in [-0.2, 0) is 14.3 Å². The second-order valence-electron chi connectivity index (χ2n) is 4.15. The van der Waals surface area contributed by atoms with Crippen molar-refractivity contribution in [3.63, 3.8) is 0 Å². The maximum Gasteiger partial charge on any atom is 0.306 e. The Morgan fingerprint density at radius 3 is 2.74 bits per heavy atom. The average Bonchev–Trinajstić information content (AvgIpc) is 2.36. The molecule has 0 radical (unpaired) electrons. The van der Waals surface area contributed by atoms with E-state index in [1.165, 1.54) is 12.1 Å². The first-order chi connectivity index (χ1) is 9.02. The van der Waals surface area contributed by atoms with Gasteiger partial charge in [0, 0.05) is 6.42 Å². The number of ether oxygens (including phenoxy) is 1. The van der Waals surface area contributed by atoms with Gasteiger partial charge in [-0.3, -0.25) is 9.59 Å². The second kappa shape index (κ2) is 7.51. The van der Waals surface area contributed by atoms with Crippen molar-refractivity contribution in [2.45, 2.75) is 32.7 Å². The van der Waals surface area contributed by atoms with Gasteiger partial charge in [-0.05, 0) is 31.5 Å². The number of carbonyl (C=O) groups is 2. The van der Waals surface area contributed by atoms with Gasteiger partial charge in [0.25, 0.3) is 0 Å². The Bertz CT molecular complexity index is 448. The third-order valence-electron chi connectivity index (χ3n) is 2.59. The van der Waals surface area contributed by atoms with Gasteiger partial charge in [0.2, 0.25) is 5.91 Å². The molecule has 0 aliphatic heterocycles. The van der Waals surface area contributed by atoms with E-state index in [4.69, 9.17) is 4.74 Å². The van der Waals surface area contributed by atoms with Crippen molar-refractivity contribution in [2.75, 3.05) is 6.61 Å². The number of esters is 1. The van der Waals surface area contributed by atoms with Gasteiger partial charge in [0.1, 0.15) is 5.82 Å². The Labute approximate surface area is 112 Å². The molecule has 104 valence electrons. The summed E-state index contributed by atoms with van der Waals surface area (Å²) >= 11 is 0. The van der Waals surface area contributed by atoms with Crippen LogP contribution in [0, 0.1) is 5.82 Å². The Balaban J connectivity index is 2.42. The molecule has 1 unspecified atom stereocenters. The number of nitrogens with one attached hydrogen (secondary N) is 1. The lowest BCUT2D eigenvalue weighted by molar-refractivity contribution is -0.144. The molecule has 0 heterocycles. The molecule has 0 aliphatic rings. The lowest BCUT2D eigenvalue weighted by atomic mass is 10.1. The van der Waals surface area contributed by atoms with E-state index in [-0.39, 0.29) is 30.6 Å². The molecular formula is C14H18FNO3. The normalized spacial score (nSPS) is 11.7. The molecular weight excluding hydrogens is 249 g/mol. The first-order valence-electron chi connectivity index (χ1n) is 6.23. The summed E-state index contributed by atoms with van der Waals surface area (Å²) in [6.45, 7) is 3.78. The van der Waals surface area contributed by atoms with Crippen LogP contribution >= 0.6 is 0 Å². The lowest BCUT2D eigenvalue weighted by Crippen LogP contribution is -2.27. The molecule has 1 aromatic rings. The molecule has 0 aromatic heterocycles. The van der Waals surface area contributed by atoms with Crippen LogP contribution in [0.15, 0.2) is 24.3 Å². The number of hydrogen-bond acceptors (Lipinski definition) is 3. The van der Waals surface area contributed by atoms with Crippen LogP contribution < -0.4 is 5.32 Å². The highest BCUT2D eigenvalue weighted by Gasteiger charge is 2.12. The van der Waals surface area contributed by atoms with E-state index in [0.717, 1.165) is 0 Å². The maximum atomic E-state index is 13.0. The number of rotatable bonds is 6. The quantitative estimate of drug-likeness (QED) is 0.805. The topological polar surface area (TPSA) is 55.4 Å². The number of halogens is 1. The summed E-state index contributed by atoms with van der Waals surface area (Å²) in [5, 5.41) is 2.71. The zero-order chi connectivity index (χ0) is 14.3. The van der Waals surface area contributed by atoms with Crippen molar-refractivity contribution >= 4 is 11.9 Å². The highest BCUT2D eigenvalue weighted by atomic mass is 19.1. The van der Waals surface area contributed by atoms with E-state index in [1.807, 2.05) is 0 Å². The monoisotopic (exact) mass is 267 g/mol. The van der Waals surface area contributed by atoms with Crippen LogP contribution in [0.2, 0.25) is 0 Å². The largest absolute Gasteiger partial charge is 0.466 e. The zero-order valence-electron chi connectivity index (χ0n) is 11.1. The standard InChI is InChI=1S/C14H18FNO3/c1-3-19-14(18)8-7-13(17)16-10(2)11-5-4-6-12(15)9-11/h4-6,9-10H,3,7-8H2,1-2H3,(H,16,17). The van der Waals surface area contributed by atoms with Crippen LogP contribution in [0.4, 0.5) is 4.39 Å². The minimum atomic E-state index is -0.393. The number of carbonyl (C=O) groups excluding carboxylic acids is 2. The van der Waals surface area contributed by atoms with Gasteiger partial charge in [-0.2, -0.15) is 0 Å². The number of benzene rings is 1. The molecule has 0 bridgehead atoms. The Morgan fingerprint density at radius 1 is 1.37 bits per heavy atom. The molecule has 5 heteroatoms. The van der Waals surface area contributed by atoms with Crippen molar-refractivity contribution < 1.29 is 18.7 Å². The van der Waals surface area contributed by atoms with Gasteiger partial charge >= 0.3 is 5.97 Å². The first kappa shape index (κ1) is 15.1. The molecule has 0 saturated heterocycles. The molecule has 1 rings (SSSR count). The van der Waals surface area contributed by atoms with E-state index in [9.17, 15) is 14.0 Å². The summed E-state index contributed by atoms with van der Waals surface area (Å²) in [6.07, 6.45) is 0.119. The lowest BCUT2D eigenvalue weighted by Gasteiger charge is -2.14. The summed E-state index contributed by atoms with van der Waals surface area (Å²) in [5.74, 6) is -0.994. The Morgan fingerprint density at radius 2 is 2.11 bits per heavy atom. The third kappa shape index (κ3) is 5.50. The van der Waals surface area contributed by atoms with Crippen LogP contribution in [-0.4, -0.2) is 18.5 Å². The molecule has 0 spiro atoms. The fourth-order valence-electron chi connectivity index (χ4n) is 1.62. The average molecular weight is 267 g/mol. The van der Waals surface area contributed by atoms with Gasteiger partial charge in [0.15, 0.2) is 0 Å². The van der Waals surface area contributed by atoms with Crippen molar-refractivity contribution in [3.05, 3.63) is 35.6 Å². The van der Waals surface area contributed by atoms with Gasteiger partial charge in [-0.25, -0.2) is 4.39 Å². The van der Waals surface area contributed by atoms with Crippen molar-refractivity contribution in [1.82, 2.24) is 5.32 Å². The van der Waals surface area contributed by atoms with Crippen LogP contribution in [0.3, 0.4) is 0 Å². The van der Waals surface area contributed by atoms with Gasteiger partial charge in [0.05, 0.1) is 19.1 Å². The number of hydrogen-bond donors (Lipinski definition) is 1. The Hall–Kier alpha value is -1.91. The highest BCUT2D eigenvalue weighted by molar-refractivity contribution is 5.81. The molecule has 19 heavy (non-hydrogen) atoms. The summed E-state index contributed by atoms with van der Waals surface area (Å²) in [5.41, 5.74) is 0.685. The fourth-order valence-corrected chi connectivity index (χ4v) is 1.62. The molecule has 1 atom stereocenters. The van der Waals surface area contributed by atoms with E-state index in [1.54, 1.807) is 26.0 Å². The SMILES string of the molecule is CCOC(=O)CCC(=O)NC(C)c1cccc(F)c1. The summed E-state index contributed by atoms with van der Waals surface area (Å²) in [6, 6.07) is 5.74. The molecule has 4 nitrogen and oxygen atoms in total. The summed E-state index contributed by atoms with van der Waals surface area (Å²) < 4.78 is 17.8. The van der Waals surface area contributed by atoms with Crippen LogP contribution in [0.5, 0.6) is 0 Å². The van der Waals surface area contributed by atoms with Gasteiger partial charge in [-0.15, -0.1) is 0 Å². The molecule has 1 N–H and O–H groups in total. The fraction of sp³-hybridized carbons (Fsp3) is 0.429. The zero-order valence-corrected chi connectivity index (χ0v) is 11.1. The Kier molecular flexibility index (Phi) is 5.99. The number of amides is 1. The highest BCUT2D eigenvalue weighted by Crippen LogP contribution is 2.13. The smallest absolute Gasteiger partial charge is 0.306 e. The van der Waals surface area contributed by atoms with E-state index >= 15 is 0 Å². The van der Waals surface area contributed by atoms with E-state index < -0.39 is 5.97 Å². The summed E-state index contributed by atoms with van der Waals surface area (Å²) in [4.78, 5) is 22.7. The summed E-state index contributed by atoms with van der Waals surface area (Å²) in [7, 11) is 0. The predicted octanol–water partition coefficient (Wildman–Crippen LogP) is 2.35. The first-order valence-corrected chi connectivity index (χ1v) is 6.23.